The maximum Gasteiger partial charge on any atom is 0.130 e. The first kappa shape index (κ1) is 16.8. The zero-order valence-corrected chi connectivity index (χ0v) is 15.1. The van der Waals surface area contributed by atoms with Gasteiger partial charge in [-0.15, -0.1) is 0 Å². The van der Waals surface area contributed by atoms with Crippen LogP contribution in [0.4, 0.5) is 0 Å². The number of aliphatic hydroxyl groups excluding tert-OH is 1. The largest absolute Gasteiger partial charge is 0.395 e. The van der Waals surface area contributed by atoms with Gasteiger partial charge in [0, 0.05) is 13.0 Å². The zero-order chi connectivity index (χ0) is 17.9. The standard InChI is InChI=1S/C21H24N4O/c1-2-3-12-20-22-17-9-5-7-11-19(17)25(20)15-21-23-16-8-4-6-10-18(16)24(21)13-14-26/h4-11,26H,2-3,12-15H2,1H3. The summed E-state index contributed by atoms with van der Waals surface area (Å²) in [4.78, 5) is 9.69. The molecule has 2 aromatic carbocycles. The Morgan fingerprint density at radius 2 is 1.46 bits per heavy atom. The summed E-state index contributed by atoms with van der Waals surface area (Å²) in [6.07, 6.45) is 3.23. The van der Waals surface area contributed by atoms with Crippen molar-refractivity contribution in [3.05, 3.63) is 60.2 Å². The van der Waals surface area contributed by atoms with E-state index in [-0.39, 0.29) is 6.61 Å². The van der Waals surface area contributed by atoms with Crippen molar-refractivity contribution in [2.75, 3.05) is 6.61 Å². The second kappa shape index (κ2) is 7.30. The van der Waals surface area contributed by atoms with Crippen molar-refractivity contribution in [2.24, 2.45) is 0 Å². The van der Waals surface area contributed by atoms with E-state index in [0.29, 0.717) is 13.1 Å². The number of aromatic nitrogens is 4. The van der Waals surface area contributed by atoms with Gasteiger partial charge in [0.1, 0.15) is 11.6 Å². The zero-order valence-electron chi connectivity index (χ0n) is 15.1. The van der Waals surface area contributed by atoms with Crippen LogP contribution in [0, 0.1) is 0 Å². The summed E-state index contributed by atoms with van der Waals surface area (Å²) in [7, 11) is 0. The van der Waals surface area contributed by atoms with E-state index in [1.54, 1.807) is 0 Å². The van der Waals surface area contributed by atoms with Gasteiger partial charge in [-0.1, -0.05) is 37.6 Å². The number of para-hydroxylation sites is 4. The van der Waals surface area contributed by atoms with E-state index in [9.17, 15) is 5.11 Å². The first-order valence-electron chi connectivity index (χ1n) is 9.31. The third kappa shape index (κ3) is 2.99. The molecule has 5 heteroatoms. The maximum absolute atomic E-state index is 9.52. The summed E-state index contributed by atoms with van der Waals surface area (Å²) < 4.78 is 4.40. The SMILES string of the molecule is CCCCc1nc2ccccc2n1Cc1nc2ccccc2n1CCO. The van der Waals surface area contributed by atoms with Crippen LogP contribution in [0.25, 0.3) is 22.1 Å². The summed E-state index contributed by atoms with van der Waals surface area (Å²) >= 11 is 0. The minimum atomic E-state index is 0.0979. The molecule has 0 aliphatic heterocycles. The third-order valence-electron chi connectivity index (χ3n) is 4.84. The fourth-order valence-corrected chi connectivity index (χ4v) is 3.56. The molecule has 0 unspecified atom stereocenters. The molecule has 0 saturated carbocycles. The van der Waals surface area contributed by atoms with Crippen LogP contribution in [0.2, 0.25) is 0 Å². The van der Waals surface area contributed by atoms with Gasteiger partial charge in [-0.3, -0.25) is 0 Å². The fraction of sp³-hybridized carbons (Fsp3) is 0.333. The van der Waals surface area contributed by atoms with E-state index in [4.69, 9.17) is 9.97 Å². The Labute approximate surface area is 152 Å². The molecule has 0 amide bonds. The van der Waals surface area contributed by atoms with Crippen LogP contribution in [0.5, 0.6) is 0 Å². The Morgan fingerprint density at radius 3 is 2.12 bits per heavy atom. The van der Waals surface area contributed by atoms with Gasteiger partial charge in [0.25, 0.3) is 0 Å². The number of nitrogens with zero attached hydrogens (tertiary/aromatic N) is 4. The Bertz CT molecular complexity index is 1030. The van der Waals surface area contributed by atoms with Gasteiger partial charge in [0.2, 0.25) is 0 Å². The molecule has 0 aliphatic rings. The molecule has 134 valence electrons. The lowest BCUT2D eigenvalue weighted by molar-refractivity contribution is 0.275. The van der Waals surface area contributed by atoms with Gasteiger partial charge < -0.3 is 14.2 Å². The summed E-state index contributed by atoms with van der Waals surface area (Å²) in [5.41, 5.74) is 4.20. The van der Waals surface area contributed by atoms with Gasteiger partial charge in [-0.05, 0) is 30.7 Å². The minimum Gasteiger partial charge on any atom is -0.395 e. The van der Waals surface area contributed by atoms with Crippen molar-refractivity contribution in [2.45, 2.75) is 39.3 Å². The summed E-state index contributed by atoms with van der Waals surface area (Å²) in [5, 5.41) is 9.52. The van der Waals surface area contributed by atoms with Gasteiger partial charge in [0.05, 0.1) is 35.2 Å². The highest BCUT2D eigenvalue weighted by Crippen LogP contribution is 2.22. The molecule has 2 heterocycles. The van der Waals surface area contributed by atoms with E-state index in [0.717, 1.165) is 53.0 Å². The molecular weight excluding hydrogens is 324 g/mol. The number of aryl methyl sites for hydroxylation is 1. The Kier molecular flexibility index (Phi) is 4.71. The average molecular weight is 348 g/mol. The Hall–Kier alpha value is -2.66. The molecule has 5 nitrogen and oxygen atoms in total. The highest BCUT2D eigenvalue weighted by molar-refractivity contribution is 5.77. The van der Waals surface area contributed by atoms with Crippen molar-refractivity contribution < 1.29 is 5.11 Å². The maximum atomic E-state index is 9.52. The molecule has 0 atom stereocenters. The lowest BCUT2D eigenvalue weighted by Gasteiger charge is -2.11. The van der Waals surface area contributed by atoms with Crippen LogP contribution in [0.15, 0.2) is 48.5 Å². The first-order valence-corrected chi connectivity index (χ1v) is 9.31. The molecule has 0 aliphatic carbocycles. The number of hydrogen-bond donors (Lipinski definition) is 1. The van der Waals surface area contributed by atoms with E-state index in [1.807, 2.05) is 24.3 Å². The molecule has 4 aromatic rings. The lowest BCUT2D eigenvalue weighted by atomic mass is 10.2. The van der Waals surface area contributed by atoms with Gasteiger partial charge in [0.15, 0.2) is 0 Å². The van der Waals surface area contributed by atoms with E-state index in [2.05, 4.69) is 40.3 Å². The van der Waals surface area contributed by atoms with Crippen molar-refractivity contribution in [3.63, 3.8) is 0 Å². The van der Waals surface area contributed by atoms with Crippen LogP contribution in [0.1, 0.15) is 31.4 Å². The Morgan fingerprint density at radius 1 is 0.846 bits per heavy atom. The van der Waals surface area contributed by atoms with Gasteiger partial charge in [-0.25, -0.2) is 9.97 Å². The smallest absolute Gasteiger partial charge is 0.130 e. The predicted octanol–water partition coefficient (Wildman–Crippen LogP) is 3.77. The summed E-state index contributed by atoms with van der Waals surface area (Å²) in [6, 6.07) is 16.4. The highest BCUT2D eigenvalue weighted by Gasteiger charge is 2.15. The number of fused-ring (bicyclic) bond motifs is 2. The van der Waals surface area contributed by atoms with E-state index in [1.165, 1.54) is 0 Å². The van der Waals surface area contributed by atoms with Crippen molar-refractivity contribution in [1.82, 2.24) is 19.1 Å². The number of unbranched alkanes of at least 4 members (excludes halogenated alkanes) is 1. The van der Waals surface area contributed by atoms with Crippen molar-refractivity contribution in [3.8, 4) is 0 Å². The minimum absolute atomic E-state index is 0.0979. The number of hydrogen-bond acceptors (Lipinski definition) is 3. The first-order chi connectivity index (χ1) is 12.8. The second-order valence-corrected chi connectivity index (χ2v) is 6.60. The van der Waals surface area contributed by atoms with Crippen molar-refractivity contribution >= 4 is 22.1 Å². The highest BCUT2D eigenvalue weighted by atomic mass is 16.3. The fourth-order valence-electron chi connectivity index (χ4n) is 3.56. The van der Waals surface area contributed by atoms with Crippen LogP contribution in [-0.4, -0.2) is 30.8 Å². The van der Waals surface area contributed by atoms with Crippen LogP contribution < -0.4 is 0 Å². The molecule has 0 fully saturated rings. The molecule has 26 heavy (non-hydrogen) atoms. The van der Waals surface area contributed by atoms with Crippen LogP contribution in [-0.2, 0) is 19.5 Å². The molecule has 0 saturated heterocycles. The molecule has 0 radical (unpaired) electrons. The number of rotatable bonds is 7. The molecule has 2 aromatic heterocycles. The second-order valence-electron chi connectivity index (χ2n) is 6.60. The molecule has 0 spiro atoms. The predicted molar refractivity (Wildman–Crippen MR) is 104 cm³/mol. The Balaban J connectivity index is 1.82. The average Bonchev–Trinajstić information content (AvgIpc) is 3.19. The monoisotopic (exact) mass is 348 g/mol. The van der Waals surface area contributed by atoms with Gasteiger partial charge >= 0.3 is 0 Å². The van der Waals surface area contributed by atoms with Crippen molar-refractivity contribution in [1.29, 1.82) is 0 Å². The molecule has 0 bridgehead atoms. The third-order valence-corrected chi connectivity index (χ3v) is 4.84. The summed E-state index contributed by atoms with van der Waals surface area (Å²) in [6.45, 7) is 3.51. The van der Waals surface area contributed by atoms with E-state index >= 15 is 0 Å². The van der Waals surface area contributed by atoms with Crippen LogP contribution in [0.3, 0.4) is 0 Å². The quantitative estimate of drug-likeness (QED) is 0.553. The molecule has 1 N–H and O–H groups in total. The van der Waals surface area contributed by atoms with Gasteiger partial charge in [-0.2, -0.15) is 0 Å². The molecule has 4 rings (SSSR count). The number of benzene rings is 2. The number of aliphatic hydroxyl groups is 1. The topological polar surface area (TPSA) is 55.9 Å². The lowest BCUT2D eigenvalue weighted by Crippen LogP contribution is -2.13. The summed E-state index contributed by atoms with van der Waals surface area (Å²) in [5.74, 6) is 2.07. The normalized spacial score (nSPS) is 11.6. The van der Waals surface area contributed by atoms with E-state index < -0.39 is 0 Å². The molecular formula is C21H24N4O. The van der Waals surface area contributed by atoms with Crippen LogP contribution >= 0.6 is 0 Å². The number of imidazole rings is 2.